The fourth-order valence-electron chi connectivity index (χ4n) is 4.60. The van der Waals surface area contributed by atoms with Gasteiger partial charge in [-0.1, -0.05) is 49.8 Å². The largest absolute Gasteiger partial charge is 0.484 e. The van der Waals surface area contributed by atoms with Crippen molar-refractivity contribution >= 4 is 17.7 Å². The van der Waals surface area contributed by atoms with Crippen molar-refractivity contribution in [1.82, 2.24) is 4.90 Å². The molecule has 0 N–H and O–H groups in total. The molecule has 2 aliphatic rings. The normalized spacial score (nSPS) is 23.8. The van der Waals surface area contributed by atoms with Gasteiger partial charge in [0, 0.05) is 23.6 Å². The Bertz CT molecular complexity index is 595. The van der Waals surface area contributed by atoms with Gasteiger partial charge in [-0.05, 0) is 57.6 Å². The van der Waals surface area contributed by atoms with Crippen LogP contribution in [-0.2, 0) is 4.79 Å². The van der Waals surface area contributed by atoms with Crippen LogP contribution in [0, 0.1) is 12.8 Å². The second-order valence-electron chi connectivity index (χ2n) is 8.51. The fraction of sp³-hybridized carbons (Fsp3) is 0.708. The van der Waals surface area contributed by atoms with E-state index in [-0.39, 0.29) is 12.5 Å². The summed E-state index contributed by atoms with van der Waals surface area (Å²) in [7, 11) is 0. The first-order valence-corrected chi connectivity index (χ1v) is 12.2. The number of hydrogen-bond acceptors (Lipinski definition) is 3. The number of thioether (sulfide) groups is 1. The predicted octanol–water partition coefficient (Wildman–Crippen LogP) is 5.85. The highest BCUT2D eigenvalue weighted by Gasteiger charge is 2.32. The topological polar surface area (TPSA) is 29.5 Å². The highest BCUT2D eigenvalue weighted by molar-refractivity contribution is 8.00. The summed E-state index contributed by atoms with van der Waals surface area (Å²) in [4.78, 5) is 14.7. The van der Waals surface area contributed by atoms with Crippen LogP contribution in [0.2, 0.25) is 0 Å². The molecule has 4 heteroatoms. The molecule has 2 fully saturated rings. The van der Waals surface area contributed by atoms with Crippen molar-refractivity contribution in [2.75, 3.05) is 19.7 Å². The van der Waals surface area contributed by atoms with Crippen LogP contribution >= 0.6 is 11.8 Å². The second-order valence-corrected chi connectivity index (χ2v) is 10.1. The van der Waals surface area contributed by atoms with Gasteiger partial charge in [-0.3, -0.25) is 4.79 Å². The predicted molar refractivity (Wildman–Crippen MR) is 119 cm³/mol. The van der Waals surface area contributed by atoms with E-state index in [4.69, 9.17) is 4.74 Å². The van der Waals surface area contributed by atoms with Gasteiger partial charge in [-0.2, -0.15) is 11.8 Å². The van der Waals surface area contributed by atoms with E-state index >= 15 is 0 Å². The van der Waals surface area contributed by atoms with E-state index in [1.54, 1.807) is 0 Å². The van der Waals surface area contributed by atoms with Crippen LogP contribution in [0.3, 0.4) is 0 Å². The molecule has 1 amide bonds. The van der Waals surface area contributed by atoms with Crippen LogP contribution in [-0.4, -0.2) is 41.0 Å². The number of nitrogens with zero attached hydrogens (tertiary/aromatic N) is 1. The molecule has 0 aromatic heterocycles. The molecule has 0 bridgehead atoms. The smallest absolute Gasteiger partial charge is 0.260 e. The summed E-state index contributed by atoms with van der Waals surface area (Å²) >= 11 is 2.18. The van der Waals surface area contributed by atoms with Crippen LogP contribution in [0.25, 0.3) is 0 Å². The van der Waals surface area contributed by atoms with Crippen molar-refractivity contribution in [2.45, 2.75) is 82.1 Å². The Labute approximate surface area is 175 Å². The van der Waals surface area contributed by atoms with E-state index in [1.807, 2.05) is 29.2 Å². The molecule has 1 saturated heterocycles. The number of aryl methyl sites for hydroxylation is 1. The number of hydrogen-bond donors (Lipinski definition) is 0. The third-order valence-electron chi connectivity index (χ3n) is 6.36. The summed E-state index contributed by atoms with van der Waals surface area (Å²) in [5.74, 6) is 1.79. The Hall–Kier alpha value is -1.16. The number of amides is 1. The molecule has 1 aliphatic heterocycles. The highest BCUT2D eigenvalue weighted by atomic mass is 32.2. The second kappa shape index (κ2) is 11.1. The zero-order valence-corrected chi connectivity index (χ0v) is 18.5. The first-order chi connectivity index (χ1) is 13.7. The van der Waals surface area contributed by atoms with E-state index in [0.717, 1.165) is 30.0 Å². The van der Waals surface area contributed by atoms with Crippen molar-refractivity contribution in [3.05, 3.63) is 29.8 Å². The monoisotopic (exact) mass is 403 g/mol. The van der Waals surface area contributed by atoms with Crippen LogP contribution in [0.5, 0.6) is 5.75 Å². The lowest BCUT2D eigenvalue weighted by Crippen LogP contribution is -2.38. The quantitative estimate of drug-likeness (QED) is 0.572. The SMILES string of the molecule is CCN(CC1CCC(C2CCCCCCC2)S1)C(=O)COc1ccc(C)cc1. The van der Waals surface area contributed by atoms with Gasteiger partial charge in [0.2, 0.25) is 0 Å². The zero-order valence-electron chi connectivity index (χ0n) is 17.7. The van der Waals surface area contributed by atoms with Crippen molar-refractivity contribution in [3.8, 4) is 5.75 Å². The van der Waals surface area contributed by atoms with Crippen molar-refractivity contribution in [1.29, 1.82) is 0 Å². The minimum Gasteiger partial charge on any atom is -0.484 e. The Morgan fingerprint density at radius 3 is 2.39 bits per heavy atom. The number of ether oxygens (including phenoxy) is 1. The number of rotatable bonds is 7. The number of likely N-dealkylation sites (N-methyl/N-ethyl adjacent to an activating group) is 1. The average Bonchev–Trinajstić information content (AvgIpc) is 3.13. The molecule has 1 aliphatic carbocycles. The Kier molecular flexibility index (Phi) is 8.57. The lowest BCUT2D eigenvalue weighted by atomic mass is 9.87. The third-order valence-corrected chi connectivity index (χ3v) is 8.10. The van der Waals surface area contributed by atoms with E-state index in [9.17, 15) is 4.79 Å². The molecule has 2 atom stereocenters. The Morgan fingerprint density at radius 1 is 1.04 bits per heavy atom. The zero-order chi connectivity index (χ0) is 19.8. The average molecular weight is 404 g/mol. The van der Waals surface area contributed by atoms with Crippen LogP contribution < -0.4 is 4.74 Å². The maximum absolute atomic E-state index is 12.7. The highest BCUT2D eigenvalue weighted by Crippen LogP contribution is 2.42. The minimum absolute atomic E-state index is 0.109. The maximum Gasteiger partial charge on any atom is 0.260 e. The standard InChI is InChI=1S/C24H37NO2S/c1-3-25(24(26)18-27-21-13-11-19(2)12-14-21)17-22-15-16-23(28-22)20-9-7-5-4-6-8-10-20/h11-14,20,22-23H,3-10,15-18H2,1-2H3. The summed E-state index contributed by atoms with van der Waals surface area (Å²) < 4.78 is 5.71. The van der Waals surface area contributed by atoms with Crippen LogP contribution in [0.15, 0.2) is 24.3 Å². The van der Waals surface area contributed by atoms with Gasteiger partial charge in [-0.15, -0.1) is 0 Å². The third kappa shape index (κ3) is 6.43. The lowest BCUT2D eigenvalue weighted by Gasteiger charge is -2.27. The summed E-state index contributed by atoms with van der Waals surface area (Å²) in [5, 5.41) is 1.42. The van der Waals surface area contributed by atoms with Gasteiger partial charge in [0.05, 0.1) is 0 Å². The Balaban J connectivity index is 1.44. The molecule has 3 nitrogen and oxygen atoms in total. The molecule has 0 radical (unpaired) electrons. The number of carbonyl (C=O) groups is 1. The van der Waals surface area contributed by atoms with E-state index in [2.05, 4.69) is 25.6 Å². The van der Waals surface area contributed by atoms with E-state index < -0.39 is 0 Å². The molecule has 1 aromatic rings. The molecule has 1 heterocycles. The van der Waals surface area contributed by atoms with E-state index in [0.29, 0.717) is 5.25 Å². The molecule has 3 rings (SSSR count). The van der Waals surface area contributed by atoms with Gasteiger partial charge in [-0.25, -0.2) is 0 Å². The maximum atomic E-state index is 12.7. The van der Waals surface area contributed by atoms with Gasteiger partial charge in [0.25, 0.3) is 5.91 Å². The molecule has 0 spiro atoms. The molecule has 156 valence electrons. The van der Waals surface area contributed by atoms with Gasteiger partial charge in [0.15, 0.2) is 6.61 Å². The molecular formula is C24H37NO2S. The molecule has 2 unspecified atom stereocenters. The molecular weight excluding hydrogens is 366 g/mol. The van der Waals surface area contributed by atoms with Gasteiger partial charge < -0.3 is 9.64 Å². The Morgan fingerprint density at radius 2 is 1.71 bits per heavy atom. The number of benzene rings is 1. The van der Waals surface area contributed by atoms with Crippen LogP contribution in [0.1, 0.15) is 70.3 Å². The molecule has 1 aromatic carbocycles. The van der Waals surface area contributed by atoms with Gasteiger partial charge in [0.1, 0.15) is 5.75 Å². The van der Waals surface area contributed by atoms with Gasteiger partial charge >= 0.3 is 0 Å². The lowest BCUT2D eigenvalue weighted by molar-refractivity contribution is -0.133. The first kappa shape index (κ1) is 21.5. The molecule has 28 heavy (non-hydrogen) atoms. The number of carbonyl (C=O) groups excluding carboxylic acids is 1. The summed E-state index contributed by atoms with van der Waals surface area (Å²) in [6, 6.07) is 7.90. The fourth-order valence-corrected chi connectivity index (χ4v) is 6.40. The van der Waals surface area contributed by atoms with Crippen molar-refractivity contribution < 1.29 is 9.53 Å². The van der Waals surface area contributed by atoms with Crippen LogP contribution in [0.4, 0.5) is 0 Å². The first-order valence-electron chi connectivity index (χ1n) is 11.3. The summed E-state index contributed by atoms with van der Waals surface area (Å²) in [5.41, 5.74) is 1.20. The van der Waals surface area contributed by atoms with Crippen molar-refractivity contribution in [2.24, 2.45) is 5.92 Å². The van der Waals surface area contributed by atoms with E-state index in [1.165, 1.54) is 63.4 Å². The van der Waals surface area contributed by atoms with Crippen molar-refractivity contribution in [3.63, 3.8) is 0 Å². The minimum atomic E-state index is 0.109. The summed E-state index contributed by atoms with van der Waals surface area (Å²) in [6.07, 6.45) is 12.6. The molecule has 1 saturated carbocycles. The summed E-state index contributed by atoms with van der Waals surface area (Å²) in [6.45, 7) is 5.91.